The summed E-state index contributed by atoms with van der Waals surface area (Å²) in [5, 5.41) is 5.22. The first-order valence-electron chi connectivity index (χ1n) is 5.40. The van der Waals surface area contributed by atoms with Crippen LogP contribution in [0, 0.1) is 0 Å². The second kappa shape index (κ2) is 6.00. The number of rotatable bonds is 4. The van der Waals surface area contributed by atoms with Gasteiger partial charge in [-0.15, -0.1) is 0 Å². The summed E-state index contributed by atoms with van der Waals surface area (Å²) in [6.07, 6.45) is 0.254. The molecular formula is C12H17N3O2. The molecule has 0 aromatic heterocycles. The smallest absolute Gasteiger partial charge is 0.251 e. The highest BCUT2D eigenvalue weighted by Crippen LogP contribution is 2.11. The Morgan fingerprint density at radius 3 is 2.71 bits per heavy atom. The summed E-state index contributed by atoms with van der Waals surface area (Å²) in [5.74, 6) is -0.345. The Morgan fingerprint density at radius 2 is 2.12 bits per heavy atom. The zero-order valence-corrected chi connectivity index (χ0v) is 9.99. The third kappa shape index (κ3) is 4.24. The molecule has 0 aliphatic heterocycles. The first-order valence-corrected chi connectivity index (χ1v) is 5.40. The number of benzene rings is 1. The van der Waals surface area contributed by atoms with Crippen LogP contribution in [-0.2, 0) is 4.79 Å². The van der Waals surface area contributed by atoms with Crippen molar-refractivity contribution in [3.8, 4) is 0 Å². The molecule has 17 heavy (non-hydrogen) atoms. The second-order valence-corrected chi connectivity index (χ2v) is 3.89. The zero-order valence-electron chi connectivity index (χ0n) is 9.99. The topological polar surface area (TPSA) is 84.2 Å². The van der Waals surface area contributed by atoms with Crippen molar-refractivity contribution in [2.45, 2.75) is 19.4 Å². The Kier molecular flexibility index (Phi) is 4.66. The van der Waals surface area contributed by atoms with E-state index >= 15 is 0 Å². The summed E-state index contributed by atoms with van der Waals surface area (Å²) in [6.45, 7) is 1.76. The highest BCUT2D eigenvalue weighted by atomic mass is 16.2. The quantitative estimate of drug-likeness (QED) is 0.719. The Bertz CT molecular complexity index is 416. The van der Waals surface area contributed by atoms with Gasteiger partial charge in [0, 0.05) is 30.8 Å². The van der Waals surface area contributed by atoms with Gasteiger partial charge in [-0.3, -0.25) is 9.59 Å². The molecule has 1 rings (SSSR count). The lowest BCUT2D eigenvalue weighted by Gasteiger charge is -2.08. The predicted molar refractivity (Wildman–Crippen MR) is 66.7 cm³/mol. The van der Waals surface area contributed by atoms with Crippen molar-refractivity contribution in [1.29, 1.82) is 0 Å². The Labute approximate surface area is 100 Å². The van der Waals surface area contributed by atoms with E-state index in [0.29, 0.717) is 11.3 Å². The van der Waals surface area contributed by atoms with Crippen molar-refractivity contribution < 1.29 is 9.59 Å². The molecule has 5 nitrogen and oxygen atoms in total. The number of carbonyl (C=O) groups excluding carboxylic acids is 2. The first-order chi connectivity index (χ1) is 8.02. The van der Waals surface area contributed by atoms with Crippen LogP contribution in [0.4, 0.5) is 5.69 Å². The molecule has 92 valence electrons. The largest absolute Gasteiger partial charge is 0.355 e. The van der Waals surface area contributed by atoms with E-state index in [4.69, 9.17) is 5.73 Å². The monoisotopic (exact) mass is 235 g/mol. The molecule has 5 heteroatoms. The predicted octanol–water partition coefficient (Wildman–Crippen LogP) is 0.722. The van der Waals surface area contributed by atoms with Gasteiger partial charge >= 0.3 is 0 Å². The molecule has 0 heterocycles. The number of anilines is 1. The summed E-state index contributed by atoms with van der Waals surface area (Å²) in [5.41, 5.74) is 6.62. The fourth-order valence-corrected chi connectivity index (χ4v) is 1.39. The van der Waals surface area contributed by atoms with Gasteiger partial charge in [-0.05, 0) is 25.1 Å². The SMILES string of the molecule is CNC(=O)c1cccc(NC(=O)CC(C)N)c1. The van der Waals surface area contributed by atoms with E-state index in [1.807, 2.05) is 0 Å². The van der Waals surface area contributed by atoms with E-state index in [-0.39, 0.29) is 24.3 Å². The third-order valence-electron chi connectivity index (χ3n) is 2.14. The normalized spacial score (nSPS) is 11.7. The van der Waals surface area contributed by atoms with Crippen LogP contribution in [0.1, 0.15) is 23.7 Å². The maximum atomic E-state index is 11.5. The van der Waals surface area contributed by atoms with Crippen LogP contribution >= 0.6 is 0 Å². The van der Waals surface area contributed by atoms with E-state index in [1.54, 1.807) is 38.2 Å². The summed E-state index contributed by atoms with van der Waals surface area (Å²) in [6, 6.07) is 6.56. The summed E-state index contributed by atoms with van der Waals surface area (Å²) < 4.78 is 0. The van der Waals surface area contributed by atoms with E-state index < -0.39 is 0 Å². The van der Waals surface area contributed by atoms with E-state index in [9.17, 15) is 9.59 Å². The molecule has 0 aliphatic rings. The highest BCUT2D eigenvalue weighted by Gasteiger charge is 2.07. The van der Waals surface area contributed by atoms with Crippen LogP contribution in [-0.4, -0.2) is 24.9 Å². The van der Waals surface area contributed by atoms with Gasteiger partial charge in [0.1, 0.15) is 0 Å². The number of hydrogen-bond acceptors (Lipinski definition) is 3. The lowest BCUT2D eigenvalue weighted by Crippen LogP contribution is -2.24. The van der Waals surface area contributed by atoms with Crippen molar-refractivity contribution in [3.63, 3.8) is 0 Å². The molecule has 0 saturated heterocycles. The van der Waals surface area contributed by atoms with Crippen LogP contribution in [0.15, 0.2) is 24.3 Å². The average molecular weight is 235 g/mol. The van der Waals surface area contributed by atoms with Crippen LogP contribution in [0.2, 0.25) is 0 Å². The Morgan fingerprint density at radius 1 is 1.41 bits per heavy atom. The molecule has 1 aromatic rings. The molecule has 0 aliphatic carbocycles. The number of nitrogens with one attached hydrogen (secondary N) is 2. The van der Waals surface area contributed by atoms with Gasteiger partial charge in [-0.25, -0.2) is 0 Å². The molecule has 1 atom stereocenters. The zero-order chi connectivity index (χ0) is 12.8. The fourth-order valence-electron chi connectivity index (χ4n) is 1.39. The van der Waals surface area contributed by atoms with Crippen LogP contribution in [0.5, 0.6) is 0 Å². The molecule has 0 spiro atoms. The maximum Gasteiger partial charge on any atom is 0.251 e. The Hall–Kier alpha value is -1.88. The van der Waals surface area contributed by atoms with Crippen molar-refractivity contribution >= 4 is 17.5 Å². The molecular weight excluding hydrogens is 218 g/mol. The second-order valence-electron chi connectivity index (χ2n) is 3.89. The van der Waals surface area contributed by atoms with Crippen molar-refractivity contribution in [2.24, 2.45) is 5.73 Å². The van der Waals surface area contributed by atoms with E-state index in [0.717, 1.165) is 0 Å². The minimum absolute atomic E-state index is 0.158. The Balaban J connectivity index is 2.72. The molecule has 0 radical (unpaired) electrons. The number of amides is 2. The minimum Gasteiger partial charge on any atom is -0.355 e. The average Bonchev–Trinajstić information content (AvgIpc) is 2.27. The summed E-state index contributed by atoms with van der Waals surface area (Å²) in [7, 11) is 1.56. The number of hydrogen-bond donors (Lipinski definition) is 3. The number of nitrogens with two attached hydrogens (primary N) is 1. The summed E-state index contributed by atoms with van der Waals surface area (Å²) >= 11 is 0. The van der Waals surface area contributed by atoms with Gasteiger partial charge < -0.3 is 16.4 Å². The first kappa shape index (κ1) is 13.2. The molecule has 1 unspecified atom stereocenters. The van der Waals surface area contributed by atoms with Crippen molar-refractivity contribution in [2.75, 3.05) is 12.4 Å². The maximum absolute atomic E-state index is 11.5. The van der Waals surface area contributed by atoms with Crippen LogP contribution < -0.4 is 16.4 Å². The fraction of sp³-hybridized carbons (Fsp3) is 0.333. The molecule has 0 bridgehead atoms. The standard InChI is InChI=1S/C12H17N3O2/c1-8(13)6-11(16)15-10-5-3-4-9(7-10)12(17)14-2/h3-5,7-8H,6,13H2,1-2H3,(H,14,17)(H,15,16). The lowest BCUT2D eigenvalue weighted by molar-refractivity contribution is -0.116. The number of carbonyl (C=O) groups is 2. The van der Waals surface area contributed by atoms with Gasteiger partial charge in [-0.2, -0.15) is 0 Å². The van der Waals surface area contributed by atoms with Crippen LogP contribution in [0.25, 0.3) is 0 Å². The lowest BCUT2D eigenvalue weighted by atomic mass is 10.2. The van der Waals surface area contributed by atoms with Crippen LogP contribution in [0.3, 0.4) is 0 Å². The van der Waals surface area contributed by atoms with Gasteiger partial charge in [0.2, 0.25) is 5.91 Å². The summed E-state index contributed by atoms with van der Waals surface area (Å²) in [4.78, 5) is 22.9. The van der Waals surface area contributed by atoms with Crippen molar-refractivity contribution in [1.82, 2.24) is 5.32 Å². The van der Waals surface area contributed by atoms with E-state index in [2.05, 4.69) is 10.6 Å². The molecule has 4 N–H and O–H groups in total. The van der Waals surface area contributed by atoms with Gasteiger partial charge in [0.05, 0.1) is 0 Å². The van der Waals surface area contributed by atoms with Gasteiger partial charge in [0.25, 0.3) is 5.91 Å². The van der Waals surface area contributed by atoms with E-state index in [1.165, 1.54) is 0 Å². The van der Waals surface area contributed by atoms with Crippen molar-refractivity contribution in [3.05, 3.63) is 29.8 Å². The minimum atomic E-state index is -0.187. The molecule has 1 aromatic carbocycles. The highest BCUT2D eigenvalue weighted by molar-refractivity contribution is 5.97. The molecule has 2 amide bonds. The third-order valence-corrected chi connectivity index (χ3v) is 2.14. The molecule has 0 fully saturated rings. The molecule has 0 saturated carbocycles. The van der Waals surface area contributed by atoms with Gasteiger partial charge in [-0.1, -0.05) is 6.07 Å². The van der Waals surface area contributed by atoms with Gasteiger partial charge in [0.15, 0.2) is 0 Å².